The maximum Gasteiger partial charge on any atom is 0.266 e. The monoisotopic (exact) mass is 471 g/mol. The lowest BCUT2D eigenvalue weighted by molar-refractivity contribution is -0.112. The van der Waals surface area contributed by atoms with Crippen molar-refractivity contribution in [1.29, 1.82) is 5.26 Å². The van der Waals surface area contributed by atoms with Gasteiger partial charge in [-0.25, -0.2) is 0 Å². The highest BCUT2D eigenvalue weighted by atomic mass is 35.5. The Hall–Kier alpha value is -3.78. The Morgan fingerprint density at radius 1 is 0.970 bits per heavy atom. The molecule has 1 amide bonds. The Labute approximate surface area is 202 Å². The second kappa shape index (κ2) is 9.79. The molecule has 162 valence electrons. The fourth-order valence-electron chi connectivity index (χ4n) is 3.66. The SMILES string of the molecule is Cc1cc(/C=C(/C#N)C(=O)Nc2ccc(Cl)cc2Cl)c(-c2ccccc2)n1-c1ccccc1. The number of nitriles is 1. The highest BCUT2D eigenvalue weighted by Gasteiger charge is 2.18. The van der Waals surface area contributed by atoms with Crippen LogP contribution in [0.5, 0.6) is 0 Å². The van der Waals surface area contributed by atoms with E-state index in [0.29, 0.717) is 15.7 Å². The van der Waals surface area contributed by atoms with Gasteiger partial charge in [-0.05, 0) is 55.0 Å². The van der Waals surface area contributed by atoms with Crippen LogP contribution in [0.3, 0.4) is 0 Å². The normalized spacial score (nSPS) is 11.2. The number of para-hydroxylation sites is 1. The Balaban J connectivity index is 1.81. The molecule has 4 rings (SSSR count). The molecule has 1 heterocycles. The highest BCUT2D eigenvalue weighted by molar-refractivity contribution is 6.37. The van der Waals surface area contributed by atoms with E-state index in [4.69, 9.17) is 23.2 Å². The fraction of sp³-hybridized carbons (Fsp3) is 0.0370. The first-order valence-electron chi connectivity index (χ1n) is 10.2. The van der Waals surface area contributed by atoms with Gasteiger partial charge in [-0.15, -0.1) is 0 Å². The van der Waals surface area contributed by atoms with Crippen LogP contribution < -0.4 is 5.32 Å². The van der Waals surface area contributed by atoms with Crippen LogP contribution in [0.2, 0.25) is 10.0 Å². The van der Waals surface area contributed by atoms with Gasteiger partial charge in [0.25, 0.3) is 5.91 Å². The van der Waals surface area contributed by atoms with Crippen molar-refractivity contribution in [1.82, 2.24) is 4.57 Å². The first kappa shape index (κ1) is 22.4. The summed E-state index contributed by atoms with van der Waals surface area (Å²) in [5, 5.41) is 13.2. The minimum Gasteiger partial charge on any atom is -0.320 e. The summed E-state index contributed by atoms with van der Waals surface area (Å²) in [6.45, 7) is 2.00. The third kappa shape index (κ3) is 4.85. The molecule has 4 nitrogen and oxygen atoms in total. The van der Waals surface area contributed by atoms with Crippen LogP contribution in [0.1, 0.15) is 11.3 Å². The van der Waals surface area contributed by atoms with Crippen LogP contribution in [0.25, 0.3) is 23.0 Å². The average molecular weight is 472 g/mol. The first-order chi connectivity index (χ1) is 16.0. The summed E-state index contributed by atoms with van der Waals surface area (Å²) in [6.07, 6.45) is 1.61. The number of hydrogen-bond donors (Lipinski definition) is 1. The van der Waals surface area contributed by atoms with Crippen molar-refractivity contribution in [3.8, 4) is 23.0 Å². The van der Waals surface area contributed by atoms with Crippen molar-refractivity contribution < 1.29 is 4.79 Å². The molecule has 0 aliphatic carbocycles. The number of nitrogens with zero attached hydrogens (tertiary/aromatic N) is 2. The average Bonchev–Trinajstić information content (AvgIpc) is 3.15. The molecule has 3 aromatic carbocycles. The Morgan fingerprint density at radius 3 is 2.27 bits per heavy atom. The number of benzene rings is 3. The second-order valence-corrected chi connectivity index (χ2v) is 8.22. The van der Waals surface area contributed by atoms with Crippen molar-refractivity contribution in [2.75, 3.05) is 5.32 Å². The van der Waals surface area contributed by atoms with E-state index in [2.05, 4.69) is 9.88 Å². The summed E-state index contributed by atoms with van der Waals surface area (Å²) in [5.74, 6) is -0.550. The Morgan fingerprint density at radius 2 is 1.64 bits per heavy atom. The number of halogens is 2. The lowest BCUT2D eigenvalue weighted by atomic mass is 10.0. The van der Waals surface area contributed by atoms with Crippen molar-refractivity contribution in [2.24, 2.45) is 0 Å². The van der Waals surface area contributed by atoms with Gasteiger partial charge >= 0.3 is 0 Å². The number of hydrogen-bond acceptors (Lipinski definition) is 2. The smallest absolute Gasteiger partial charge is 0.266 e. The molecule has 0 saturated carbocycles. The number of nitrogens with one attached hydrogen (secondary N) is 1. The van der Waals surface area contributed by atoms with Crippen LogP contribution in [0.15, 0.2) is 90.5 Å². The summed E-state index contributed by atoms with van der Waals surface area (Å²) >= 11 is 12.1. The van der Waals surface area contributed by atoms with Crippen molar-refractivity contribution in [2.45, 2.75) is 6.92 Å². The van der Waals surface area contributed by atoms with Gasteiger partial charge in [-0.3, -0.25) is 4.79 Å². The van der Waals surface area contributed by atoms with Crippen molar-refractivity contribution in [3.05, 3.63) is 112 Å². The third-order valence-electron chi connectivity index (χ3n) is 5.12. The van der Waals surface area contributed by atoms with E-state index in [1.165, 1.54) is 6.07 Å². The van der Waals surface area contributed by atoms with E-state index in [1.54, 1.807) is 18.2 Å². The summed E-state index contributed by atoms with van der Waals surface area (Å²) < 4.78 is 2.12. The van der Waals surface area contributed by atoms with Crippen LogP contribution >= 0.6 is 23.2 Å². The lowest BCUT2D eigenvalue weighted by Gasteiger charge is -2.13. The molecule has 1 N–H and O–H groups in total. The maximum atomic E-state index is 12.9. The van der Waals surface area contributed by atoms with E-state index in [9.17, 15) is 10.1 Å². The minimum absolute atomic E-state index is 0.0385. The van der Waals surface area contributed by atoms with Gasteiger partial charge < -0.3 is 9.88 Å². The summed E-state index contributed by atoms with van der Waals surface area (Å²) in [7, 11) is 0. The summed E-state index contributed by atoms with van der Waals surface area (Å²) in [4.78, 5) is 12.9. The molecule has 33 heavy (non-hydrogen) atoms. The van der Waals surface area contributed by atoms with Crippen molar-refractivity contribution in [3.63, 3.8) is 0 Å². The summed E-state index contributed by atoms with van der Waals surface area (Å²) in [6, 6.07) is 28.6. The molecular formula is C27H19Cl2N3O. The van der Waals surface area contributed by atoms with E-state index < -0.39 is 5.91 Å². The van der Waals surface area contributed by atoms with E-state index in [1.807, 2.05) is 79.7 Å². The third-order valence-corrected chi connectivity index (χ3v) is 5.67. The molecule has 0 fully saturated rings. The minimum atomic E-state index is -0.550. The molecule has 0 atom stereocenters. The molecule has 0 aliphatic heterocycles. The molecule has 4 aromatic rings. The predicted octanol–water partition coefficient (Wildman–Crippen LogP) is 7.31. The molecule has 6 heteroatoms. The fourth-order valence-corrected chi connectivity index (χ4v) is 4.12. The number of anilines is 1. The van der Waals surface area contributed by atoms with Gasteiger partial charge in [0.15, 0.2) is 0 Å². The van der Waals surface area contributed by atoms with E-state index in [-0.39, 0.29) is 5.57 Å². The topological polar surface area (TPSA) is 57.8 Å². The predicted molar refractivity (Wildman–Crippen MR) is 135 cm³/mol. The zero-order valence-electron chi connectivity index (χ0n) is 17.7. The van der Waals surface area contributed by atoms with E-state index >= 15 is 0 Å². The van der Waals surface area contributed by atoms with Gasteiger partial charge in [0.2, 0.25) is 0 Å². The zero-order valence-corrected chi connectivity index (χ0v) is 19.2. The second-order valence-electron chi connectivity index (χ2n) is 7.37. The number of aromatic nitrogens is 1. The van der Waals surface area contributed by atoms with Crippen molar-refractivity contribution >= 4 is 40.9 Å². The Kier molecular flexibility index (Phi) is 6.65. The molecule has 0 bridgehead atoms. The van der Waals surface area contributed by atoms with Gasteiger partial charge in [0, 0.05) is 22.0 Å². The van der Waals surface area contributed by atoms with Crippen LogP contribution in [0.4, 0.5) is 5.69 Å². The standard InChI is InChI=1S/C27H19Cl2N3O/c1-18-14-20(15-21(17-30)27(33)31-25-13-12-22(28)16-24(25)29)26(19-8-4-2-5-9-19)32(18)23-10-6-3-7-11-23/h2-16H,1H3,(H,31,33)/b21-15-. The molecule has 0 spiro atoms. The molecule has 1 aromatic heterocycles. The van der Waals surface area contributed by atoms with Gasteiger partial charge in [-0.2, -0.15) is 5.26 Å². The largest absolute Gasteiger partial charge is 0.320 e. The molecule has 0 aliphatic rings. The molecular weight excluding hydrogens is 453 g/mol. The summed E-state index contributed by atoms with van der Waals surface area (Å²) in [5.41, 5.74) is 4.94. The van der Waals surface area contributed by atoms with Gasteiger partial charge in [0.05, 0.1) is 16.4 Å². The van der Waals surface area contributed by atoms with E-state index in [0.717, 1.165) is 28.2 Å². The Bertz CT molecular complexity index is 1380. The zero-order chi connectivity index (χ0) is 23.4. The molecule has 0 radical (unpaired) electrons. The quantitative estimate of drug-likeness (QED) is 0.245. The van der Waals surface area contributed by atoms with Gasteiger partial charge in [-0.1, -0.05) is 71.7 Å². The van der Waals surface area contributed by atoms with Gasteiger partial charge in [0.1, 0.15) is 11.6 Å². The number of carbonyl (C=O) groups excluding carboxylic acids is 1. The number of rotatable bonds is 5. The van der Waals surface area contributed by atoms with Crippen LogP contribution in [-0.2, 0) is 4.79 Å². The van der Waals surface area contributed by atoms with Crippen LogP contribution in [-0.4, -0.2) is 10.5 Å². The number of aryl methyl sites for hydroxylation is 1. The molecule has 0 unspecified atom stereocenters. The van der Waals surface area contributed by atoms with Crippen LogP contribution in [0, 0.1) is 18.3 Å². The first-order valence-corrected chi connectivity index (χ1v) is 10.9. The highest BCUT2D eigenvalue weighted by Crippen LogP contribution is 2.32. The number of carbonyl (C=O) groups is 1. The lowest BCUT2D eigenvalue weighted by Crippen LogP contribution is -2.13. The molecule has 0 saturated heterocycles. The number of amides is 1. The maximum absolute atomic E-state index is 12.9.